The fourth-order valence-electron chi connectivity index (χ4n) is 2.05. The van der Waals surface area contributed by atoms with Crippen molar-refractivity contribution in [3.05, 3.63) is 60.2 Å². The fourth-order valence-corrected chi connectivity index (χ4v) is 4.14. The van der Waals surface area contributed by atoms with Gasteiger partial charge in [-0.1, -0.05) is 59.8 Å². The molecule has 8 heteroatoms. The lowest BCUT2D eigenvalue weighted by Gasteiger charge is -2.05. The first kappa shape index (κ1) is 17.5. The average molecular weight is 375 g/mol. The number of H-pyrrole nitrogens is 1. The van der Waals surface area contributed by atoms with Gasteiger partial charge in [0.05, 0.1) is 5.75 Å². The number of aromatic amines is 1. The molecule has 0 spiro atoms. The summed E-state index contributed by atoms with van der Waals surface area (Å²) < 4.78 is 29.0. The lowest BCUT2D eigenvalue weighted by atomic mass is 10.1. The van der Waals surface area contributed by atoms with E-state index >= 15 is 0 Å². The molecule has 2 aromatic carbocycles. The molecule has 0 saturated heterocycles. The SMILES string of the molecule is Cc1ccc(-c2nc(SCCS(=O)(=O)Oc3ccccc3)n[nH]2)cc1. The van der Waals surface area contributed by atoms with Crippen molar-refractivity contribution in [2.24, 2.45) is 0 Å². The highest BCUT2D eigenvalue weighted by Crippen LogP contribution is 2.20. The van der Waals surface area contributed by atoms with Crippen LogP contribution in [0.5, 0.6) is 5.75 Å². The topological polar surface area (TPSA) is 84.9 Å². The second kappa shape index (κ2) is 7.71. The van der Waals surface area contributed by atoms with Crippen LogP contribution in [0.4, 0.5) is 0 Å². The average Bonchev–Trinajstić information content (AvgIpc) is 3.04. The van der Waals surface area contributed by atoms with E-state index in [1.807, 2.05) is 31.2 Å². The third-order valence-electron chi connectivity index (χ3n) is 3.32. The van der Waals surface area contributed by atoms with Gasteiger partial charge in [-0.2, -0.15) is 8.42 Å². The van der Waals surface area contributed by atoms with Crippen molar-refractivity contribution in [2.75, 3.05) is 11.5 Å². The van der Waals surface area contributed by atoms with E-state index in [2.05, 4.69) is 15.2 Å². The Bertz CT molecular complexity index is 923. The van der Waals surface area contributed by atoms with Crippen LogP contribution in [0.1, 0.15) is 5.56 Å². The molecule has 0 aliphatic carbocycles. The van der Waals surface area contributed by atoms with E-state index in [0.29, 0.717) is 22.5 Å². The molecular weight excluding hydrogens is 358 g/mol. The fraction of sp³-hybridized carbons (Fsp3) is 0.176. The first-order valence-corrected chi connectivity index (χ1v) is 10.2. The Morgan fingerprint density at radius 3 is 2.52 bits per heavy atom. The molecule has 0 atom stereocenters. The Morgan fingerprint density at radius 1 is 1.08 bits per heavy atom. The molecule has 1 N–H and O–H groups in total. The van der Waals surface area contributed by atoms with E-state index < -0.39 is 10.1 Å². The van der Waals surface area contributed by atoms with Gasteiger partial charge in [-0.05, 0) is 19.1 Å². The summed E-state index contributed by atoms with van der Waals surface area (Å²) in [5.74, 6) is 1.15. The van der Waals surface area contributed by atoms with E-state index in [4.69, 9.17) is 4.18 Å². The molecule has 3 aromatic rings. The highest BCUT2D eigenvalue weighted by atomic mass is 32.2. The summed E-state index contributed by atoms with van der Waals surface area (Å²) in [6.45, 7) is 2.02. The number of nitrogens with zero attached hydrogens (tertiary/aromatic N) is 2. The summed E-state index contributed by atoms with van der Waals surface area (Å²) in [7, 11) is -3.64. The summed E-state index contributed by atoms with van der Waals surface area (Å²) in [6, 6.07) is 16.4. The molecule has 130 valence electrons. The van der Waals surface area contributed by atoms with E-state index in [-0.39, 0.29) is 5.75 Å². The molecule has 0 bridgehead atoms. The van der Waals surface area contributed by atoms with Crippen LogP contribution < -0.4 is 4.18 Å². The van der Waals surface area contributed by atoms with Gasteiger partial charge in [-0.15, -0.1) is 5.10 Å². The number of aromatic nitrogens is 3. The first-order chi connectivity index (χ1) is 12.0. The maximum absolute atomic E-state index is 12.0. The van der Waals surface area contributed by atoms with Crippen molar-refractivity contribution >= 4 is 21.9 Å². The molecule has 1 heterocycles. The molecule has 3 rings (SSSR count). The largest absolute Gasteiger partial charge is 0.382 e. The van der Waals surface area contributed by atoms with Crippen LogP contribution in [0, 0.1) is 6.92 Å². The van der Waals surface area contributed by atoms with Gasteiger partial charge in [0.25, 0.3) is 0 Å². The van der Waals surface area contributed by atoms with Crippen LogP contribution in [0.25, 0.3) is 11.4 Å². The van der Waals surface area contributed by atoms with Crippen LogP contribution in [-0.4, -0.2) is 35.1 Å². The van der Waals surface area contributed by atoms with Gasteiger partial charge >= 0.3 is 10.1 Å². The molecule has 0 fully saturated rings. The minimum Gasteiger partial charge on any atom is -0.382 e. The van der Waals surface area contributed by atoms with Crippen molar-refractivity contribution in [2.45, 2.75) is 12.1 Å². The number of benzene rings is 2. The summed E-state index contributed by atoms with van der Waals surface area (Å²) in [6.07, 6.45) is 0. The van der Waals surface area contributed by atoms with E-state index in [9.17, 15) is 8.42 Å². The summed E-state index contributed by atoms with van der Waals surface area (Å²) >= 11 is 1.26. The predicted octanol–water partition coefficient (Wildman–Crippen LogP) is 3.28. The molecule has 6 nitrogen and oxygen atoms in total. The van der Waals surface area contributed by atoms with Crippen LogP contribution in [0.3, 0.4) is 0 Å². The minimum absolute atomic E-state index is 0.124. The molecule has 0 aliphatic heterocycles. The molecular formula is C17H17N3O3S2. The molecule has 0 unspecified atom stereocenters. The monoisotopic (exact) mass is 375 g/mol. The van der Waals surface area contributed by atoms with Crippen molar-refractivity contribution in [1.29, 1.82) is 0 Å². The Hall–Kier alpha value is -2.32. The maximum Gasteiger partial charge on any atom is 0.310 e. The zero-order chi connectivity index (χ0) is 17.7. The van der Waals surface area contributed by atoms with Crippen molar-refractivity contribution < 1.29 is 12.6 Å². The number of aryl methyl sites for hydroxylation is 1. The molecule has 25 heavy (non-hydrogen) atoms. The minimum atomic E-state index is -3.64. The number of hydrogen-bond donors (Lipinski definition) is 1. The molecule has 1 aromatic heterocycles. The van der Waals surface area contributed by atoms with Crippen LogP contribution >= 0.6 is 11.8 Å². The number of thioether (sulfide) groups is 1. The number of para-hydroxylation sites is 1. The highest BCUT2D eigenvalue weighted by molar-refractivity contribution is 8.00. The van der Waals surface area contributed by atoms with Crippen molar-refractivity contribution in [1.82, 2.24) is 15.2 Å². The third kappa shape index (κ3) is 5.07. The van der Waals surface area contributed by atoms with Crippen LogP contribution in [0.15, 0.2) is 59.8 Å². The summed E-state index contributed by atoms with van der Waals surface area (Å²) in [5.41, 5.74) is 2.10. The second-order valence-corrected chi connectivity index (χ2v) is 8.09. The van der Waals surface area contributed by atoms with Gasteiger partial charge in [-0.3, -0.25) is 5.10 Å². The van der Waals surface area contributed by atoms with E-state index in [0.717, 1.165) is 5.56 Å². The lowest BCUT2D eigenvalue weighted by Crippen LogP contribution is -2.15. The van der Waals surface area contributed by atoms with Gasteiger partial charge in [-0.25, -0.2) is 4.98 Å². The van der Waals surface area contributed by atoms with Crippen molar-refractivity contribution in [3.8, 4) is 17.1 Å². The van der Waals surface area contributed by atoms with E-state index in [1.165, 1.54) is 17.3 Å². The van der Waals surface area contributed by atoms with Gasteiger partial charge in [0.15, 0.2) is 5.82 Å². The molecule has 0 amide bonds. The number of hydrogen-bond acceptors (Lipinski definition) is 6. The Morgan fingerprint density at radius 2 is 1.80 bits per heavy atom. The quantitative estimate of drug-likeness (QED) is 0.504. The maximum atomic E-state index is 12.0. The van der Waals surface area contributed by atoms with Gasteiger partial charge in [0.1, 0.15) is 5.75 Å². The smallest absolute Gasteiger partial charge is 0.310 e. The third-order valence-corrected chi connectivity index (χ3v) is 5.58. The summed E-state index contributed by atoms with van der Waals surface area (Å²) in [5, 5.41) is 7.48. The normalized spacial score (nSPS) is 11.4. The zero-order valence-corrected chi connectivity index (χ0v) is 15.2. The Balaban J connectivity index is 1.55. The molecule has 0 aliphatic rings. The Labute approximate surface area is 150 Å². The molecule has 0 radical (unpaired) electrons. The zero-order valence-electron chi connectivity index (χ0n) is 13.5. The van der Waals surface area contributed by atoms with Gasteiger partial charge in [0, 0.05) is 11.3 Å². The van der Waals surface area contributed by atoms with Gasteiger partial charge in [0.2, 0.25) is 5.16 Å². The number of rotatable bonds is 7. The summed E-state index contributed by atoms with van der Waals surface area (Å²) in [4.78, 5) is 4.37. The second-order valence-electron chi connectivity index (χ2n) is 5.34. The Kier molecular flexibility index (Phi) is 5.40. The van der Waals surface area contributed by atoms with Crippen LogP contribution in [0.2, 0.25) is 0 Å². The first-order valence-electron chi connectivity index (χ1n) is 7.61. The highest BCUT2D eigenvalue weighted by Gasteiger charge is 2.14. The standard InChI is InChI=1S/C17H17N3O3S2/c1-13-7-9-14(10-8-13)16-18-17(20-19-16)24-11-12-25(21,22)23-15-5-3-2-4-6-15/h2-10H,11-12H2,1H3,(H,18,19,20). The van der Waals surface area contributed by atoms with Crippen molar-refractivity contribution in [3.63, 3.8) is 0 Å². The molecule has 0 saturated carbocycles. The predicted molar refractivity (Wildman–Crippen MR) is 98.1 cm³/mol. The number of nitrogens with one attached hydrogen (secondary N) is 1. The lowest BCUT2D eigenvalue weighted by molar-refractivity contribution is 0.488. The van der Waals surface area contributed by atoms with E-state index in [1.54, 1.807) is 30.3 Å². The van der Waals surface area contributed by atoms with Gasteiger partial charge < -0.3 is 4.18 Å². The van der Waals surface area contributed by atoms with Crippen LogP contribution in [-0.2, 0) is 10.1 Å².